The van der Waals surface area contributed by atoms with E-state index in [-0.39, 0.29) is 0 Å². The second-order valence-electron chi connectivity index (χ2n) is 8.61. The van der Waals surface area contributed by atoms with Crippen LogP contribution in [-0.2, 0) is 0 Å². The number of hydrogen-bond donors (Lipinski definition) is 0. The van der Waals surface area contributed by atoms with Gasteiger partial charge in [0.2, 0.25) is 0 Å². The van der Waals surface area contributed by atoms with Gasteiger partial charge in [-0.05, 0) is 92.4 Å². The van der Waals surface area contributed by atoms with E-state index < -0.39 is 0 Å². The van der Waals surface area contributed by atoms with Gasteiger partial charge in [-0.15, -0.1) is 0 Å². The van der Waals surface area contributed by atoms with Crippen LogP contribution in [0.3, 0.4) is 0 Å². The smallest absolute Gasteiger partial charge is 0.122 e. The Bertz CT molecular complexity index is 1200. The number of anilines is 3. The number of rotatable bonds is 6. The molecule has 0 amide bonds. The van der Waals surface area contributed by atoms with E-state index in [0.29, 0.717) is 0 Å². The van der Waals surface area contributed by atoms with Crippen LogP contribution in [0.5, 0.6) is 5.75 Å². The van der Waals surface area contributed by atoms with E-state index in [1.165, 1.54) is 22.3 Å². The Balaban J connectivity index is 1.65. The highest BCUT2D eigenvalue weighted by Crippen LogP contribution is 2.35. The lowest BCUT2D eigenvalue weighted by atomic mass is 10.0. The molecule has 0 aliphatic carbocycles. The van der Waals surface area contributed by atoms with Crippen molar-refractivity contribution in [3.05, 3.63) is 118 Å². The molecular weight excluding hydrogens is 402 g/mol. The molecule has 166 valence electrons. The third-order valence-corrected chi connectivity index (χ3v) is 5.97. The van der Waals surface area contributed by atoms with Crippen molar-refractivity contribution in [1.29, 1.82) is 0 Å². The van der Waals surface area contributed by atoms with Gasteiger partial charge in [-0.25, -0.2) is 0 Å². The fraction of sp³-hybridized carbons (Fsp3) is 0.161. The molecule has 2 nitrogen and oxygen atoms in total. The van der Waals surface area contributed by atoms with Gasteiger partial charge < -0.3 is 9.64 Å². The van der Waals surface area contributed by atoms with Gasteiger partial charge in [0.1, 0.15) is 5.75 Å². The highest BCUT2D eigenvalue weighted by molar-refractivity contribution is 5.78. The highest BCUT2D eigenvalue weighted by atomic mass is 16.5. The van der Waals surface area contributed by atoms with Gasteiger partial charge in [0.25, 0.3) is 0 Å². The van der Waals surface area contributed by atoms with Gasteiger partial charge in [-0.2, -0.15) is 0 Å². The Hall–Kier alpha value is -3.78. The average molecular weight is 434 g/mol. The third-order valence-electron chi connectivity index (χ3n) is 5.97. The first-order valence-corrected chi connectivity index (χ1v) is 11.3. The molecular formula is C31H31NO. The van der Waals surface area contributed by atoms with Gasteiger partial charge in [-0.3, -0.25) is 0 Å². The van der Waals surface area contributed by atoms with Crippen LogP contribution < -0.4 is 9.64 Å². The van der Waals surface area contributed by atoms with Gasteiger partial charge in [0.05, 0.1) is 7.11 Å². The number of aryl methyl sites for hydroxylation is 4. The number of methoxy groups -OCH3 is 1. The van der Waals surface area contributed by atoms with Crippen LogP contribution in [0, 0.1) is 27.7 Å². The summed E-state index contributed by atoms with van der Waals surface area (Å²) in [7, 11) is 1.72. The standard InChI is InChI=1S/C31H31NO/c1-22-6-14-28(15-7-22)32(29-16-8-23(2)9-17-29)30-18-11-26(12-19-30)10-13-27-21-31(33-5)25(4)20-24(27)3/h6-21H,1-5H3. The van der Waals surface area contributed by atoms with Gasteiger partial charge in [-0.1, -0.05) is 65.7 Å². The zero-order chi connectivity index (χ0) is 23.4. The largest absolute Gasteiger partial charge is 0.496 e. The van der Waals surface area contributed by atoms with E-state index in [0.717, 1.165) is 33.9 Å². The van der Waals surface area contributed by atoms with Crippen molar-refractivity contribution in [3.63, 3.8) is 0 Å². The van der Waals surface area contributed by atoms with E-state index in [4.69, 9.17) is 4.74 Å². The van der Waals surface area contributed by atoms with Crippen molar-refractivity contribution in [1.82, 2.24) is 0 Å². The number of hydrogen-bond acceptors (Lipinski definition) is 2. The van der Waals surface area contributed by atoms with Crippen molar-refractivity contribution in [3.8, 4) is 5.75 Å². The zero-order valence-corrected chi connectivity index (χ0v) is 20.1. The van der Waals surface area contributed by atoms with Gasteiger partial charge >= 0.3 is 0 Å². The van der Waals surface area contributed by atoms with E-state index in [1.54, 1.807) is 7.11 Å². The second-order valence-corrected chi connectivity index (χ2v) is 8.61. The third kappa shape index (κ3) is 5.18. The molecule has 0 saturated carbocycles. The topological polar surface area (TPSA) is 12.5 Å². The Morgan fingerprint density at radius 3 is 1.55 bits per heavy atom. The molecule has 0 aliphatic rings. The molecule has 0 aliphatic heterocycles. The van der Waals surface area contributed by atoms with Crippen LogP contribution >= 0.6 is 0 Å². The van der Waals surface area contributed by atoms with Crippen molar-refractivity contribution in [2.75, 3.05) is 12.0 Å². The Kier molecular flexibility index (Phi) is 6.65. The first-order chi connectivity index (χ1) is 15.9. The molecule has 0 heterocycles. The van der Waals surface area contributed by atoms with Gasteiger partial charge in [0.15, 0.2) is 0 Å². The van der Waals surface area contributed by atoms with E-state index in [9.17, 15) is 0 Å². The number of nitrogens with zero attached hydrogens (tertiary/aromatic N) is 1. The summed E-state index contributed by atoms with van der Waals surface area (Å²) in [5.74, 6) is 0.919. The lowest BCUT2D eigenvalue weighted by Crippen LogP contribution is -2.09. The minimum absolute atomic E-state index is 0.919. The normalized spacial score (nSPS) is 11.1. The molecule has 0 unspecified atom stereocenters. The van der Waals surface area contributed by atoms with Crippen LogP contribution in [0.1, 0.15) is 33.4 Å². The monoisotopic (exact) mass is 433 g/mol. The summed E-state index contributed by atoms with van der Waals surface area (Å²) in [6.07, 6.45) is 4.31. The van der Waals surface area contributed by atoms with Crippen LogP contribution in [0.2, 0.25) is 0 Å². The summed E-state index contributed by atoms with van der Waals surface area (Å²) in [6, 6.07) is 30.3. The van der Waals surface area contributed by atoms with Crippen molar-refractivity contribution >= 4 is 29.2 Å². The summed E-state index contributed by atoms with van der Waals surface area (Å²) in [4.78, 5) is 2.29. The summed E-state index contributed by atoms with van der Waals surface area (Å²) < 4.78 is 5.49. The fourth-order valence-corrected chi connectivity index (χ4v) is 4.00. The molecule has 4 aromatic rings. The second kappa shape index (κ2) is 9.79. The molecule has 0 N–H and O–H groups in total. The maximum absolute atomic E-state index is 5.49. The zero-order valence-electron chi connectivity index (χ0n) is 20.1. The molecule has 4 aromatic carbocycles. The average Bonchev–Trinajstić information content (AvgIpc) is 2.82. The van der Waals surface area contributed by atoms with Crippen molar-refractivity contribution in [2.24, 2.45) is 0 Å². The first kappa shape index (κ1) is 22.4. The fourth-order valence-electron chi connectivity index (χ4n) is 4.00. The quantitative estimate of drug-likeness (QED) is 0.282. The molecule has 33 heavy (non-hydrogen) atoms. The summed E-state index contributed by atoms with van der Waals surface area (Å²) >= 11 is 0. The van der Waals surface area contributed by atoms with Crippen molar-refractivity contribution < 1.29 is 4.74 Å². The van der Waals surface area contributed by atoms with Crippen LogP contribution in [0.4, 0.5) is 17.1 Å². The first-order valence-electron chi connectivity index (χ1n) is 11.3. The molecule has 0 atom stereocenters. The van der Waals surface area contributed by atoms with E-state index >= 15 is 0 Å². The molecule has 0 saturated heterocycles. The lowest BCUT2D eigenvalue weighted by Gasteiger charge is -2.25. The van der Waals surface area contributed by atoms with E-state index in [2.05, 4.69) is 130 Å². The molecule has 0 fully saturated rings. The molecule has 0 spiro atoms. The molecule has 2 heteroatoms. The lowest BCUT2D eigenvalue weighted by molar-refractivity contribution is 0.411. The highest BCUT2D eigenvalue weighted by Gasteiger charge is 2.12. The predicted molar refractivity (Wildman–Crippen MR) is 142 cm³/mol. The van der Waals surface area contributed by atoms with Crippen molar-refractivity contribution in [2.45, 2.75) is 27.7 Å². The Morgan fingerprint density at radius 2 is 1.06 bits per heavy atom. The van der Waals surface area contributed by atoms with Crippen LogP contribution in [0.25, 0.3) is 12.2 Å². The van der Waals surface area contributed by atoms with E-state index in [1.807, 2.05) is 0 Å². The number of ether oxygens (including phenoxy) is 1. The molecule has 0 bridgehead atoms. The molecule has 4 rings (SSSR count). The Labute approximate surface area is 197 Å². The summed E-state index contributed by atoms with van der Waals surface area (Å²) in [5.41, 5.74) is 10.7. The minimum Gasteiger partial charge on any atom is -0.496 e. The minimum atomic E-state index is 0.919. The number of benzene rings is 4. The van der Waals surface area contributed by atoms with Gasteiger partial charge in [0, 0.05) is 17.1 Å². The summed E-state index contributed by atoms with van der Waals surface area (Å²) in [5, 5.41) is 0. The summed E-state index contributed by atoms with van der Waals surface area (Å²) in [6.45, 7) is 8.45. The van der Waals surface area contributed by atoms with Crippen LogP contribution in [0.15, 0.2) is 84.9 Å². The predicted octanol–water partition coefficient (Wildman–Crippen LogP) is 8.57. The maximum atomic E-state index is 5.49. The molecule has 0 aromatic heterocycles. The Morgan fingerprint density at radius 1 is 0.576 bits per heavy atom. The SMILES string of the molecule is COc1cc(C=Cc2ccc(N(c3ccc(C)cc3)c3ccc(C)cc3)cc2)c(C)cc1C. The molecule has 0 radical (unpaired) electrons. The van der Waals surface area contributed by atoms with Crippen LogP contribution in [-0.4, -0.2) is 7.11 Å². The maximum Gasteiger partial charge on any atom is 0.122 e.